The van der Waals surface area contributed by atoms with Crippen LogP contribution in [0.3, 0.4) is 0 Å². The van der Waals surface area contributed by atoms with E-state index in [0.717, 1.165) is 7.11 Å². The third-order valence-electron chi connectivity index (χ3n) is 2.50. The van der Waals surface area contributed by atoms with Gasteiger partial charge < -0.3 is 10.2 Å². The molecule has 0 bridgehead atoms. The summed E-state index contributed by atoms with van der Waals surface area (Å²) in [5, 5.41) is 2.92. The molecule has 1 aromatic heterocycles. The first-order valence-electron chi connectivity index (χ1n) is 5.12. The van der Waals surface area contributed by atoms with Crippen molar-refractivity contribution in [2.24, 2.45) is 0 Å². The Morgan fingerprint density at radius 2 is 2.39 bits per heavy atom. The first-order chi connectivity index (χ1) is 8.58. The molecule has 2 rings (SSSR count). The van der Waals surface area contributed by atoms with E-state index in [4.69, 9.17) is 4.84 Å². The van der Waals surface area contributed by atoms with Crippen LogP contribution in [0.4, 0.5) is 0 Å². The second-order valence-corrected chi connectivity index (χ2v) is 5.42. The van der Waals surface area contributed by atoms with Crippen molar-refractivity contribution in [3.8, 4) is 0 Å². The molecule has 0 amide bonds. The van der Waals surface area contributed by atoms with Gasteiger partial charge in [0.1, 0.15) is 12.0 Å². The van der Waals surface area contributed by atoms with E-state index in [9.17, 15) is 8.42 Å². The number of pyridine rings is 1. The van der Waals surface area contributed by atoms with Crippen LogP contribution in [0, 0.1) is 0 Å². The smallest absolute Gasteiger partial charge is 0.271 e. The van der Waals surface area contributed by atoms with E-state index >= 15 is 0 Å². The lowest BCUT2D eigenvalue weighted by Crippen LogP contribution is -2.57. The molecule has 0 fully saturated rings. The fraction of sp³-hybridized carbons (Fsp3) is 0.300. The maximum absolute atomic E-state index is 11.6. The highest BCUT2D eigenvalue weighted by molar-refractivity contribution is 7.86. The molecule has 7 nitrogen and oxygen atoms in total. The molecule has 2 N–H and O–H groups in total. The summed E-state index contributed by atoms with van der Waals surface area (Å²) in [7, 11) is -2.58. The Labute approximate surface area is 105 Å². The van der Waals surface area contributed by atoms with Crippen LogP contribution in [0.5, 0.6) is 0 Å². The quantitative estimate of drug-likeness (QED) is 0.733. The van der Waals surface area contributed by atoms with Crippen molar-refractivity contribution >= 4 is 10.1 Å². The molecule has 1 unspecified atom stereocenters. The minimum absolute atomic E-state index is 0.341. The zero-order chi connectivity index (χ0) is 13.1. The van der Waals surface area contributed by atoms with Crippen molar-refractivity contribution in [3.05, 3.63) is 42.6 Å². The molecule has 1 atom stereocenters. The maximum Gasteiger partial charge on any atom is 0.271 e. The Kier molecular flexibility index (Phi) is 3.50. The van der Waals surface area contributed by atoms with Gasteiger partial charge in [0.15, 0.2) is 5.66 Å². The van der Waals surface area contributed by atoms with Gasteiger partial charge in [-0.2, -0.15) is 8.42 Å². The highest BCUT2D eigenvalue weighted by atomic mass is 32.2. The fourth-order valence-corrected chi connectivity index (χ4v) is 2.57. The minimum Gasteiger partial charge on any atom is -0.412 e. The van der Waals surface area contributed by atoms with Gasteiger partial charge >= 0.3 is 0 Å². The zero-order valence-electron chi connectivity index (χ0n) is 9.66. The Bertz CT molecular complexity index is 531. The second kappa shape index (κ2) is 4.92. The molecule has 1 aliphatic rings. The molecule has 1 aromatic rings. The van der Waals surface area contributed by atoms with E-state index in [2.05, 4.69) is 20.0 Å². The number of hydrogen-bond acceptors (Lipinski definition) is 7. The predicted octanol–water partition coefficient (Wildman–Crippen LogP) is -0.194. The molecule has 2 heterocycles. The van der Waals surface area contributed by atoms with Crippen molar-refractivity contribution in [2.45, 2.75) is 5.66 Å². The Hall–Kier alpha value is -1.64. The van der Waals surface area contributed by atoms with Gasteiger partial charge in [-0.1, -0.05) is 6.07 Å². The predicted molar refractivity (Wildman–Crippen MR) is 63.2 cm³/mol. The molecule has 8 heteroatoms. The summed E-state index contributed by atoms with van der Waals surface area (Å²) in [5.74, 6) is -0.341. The number of hydrogen-bond donors (Lipinski definition) is 2. The summed E-state index contributed by atoms with van der Waals surface area (Å²) in [6.07, 6.45) is 6.03. The van der Waals surface area contributed by atoms with Crippen LogP contribution >= 0.6 is 0 Å². The van der Waals surface area contributed by atoms with Crippen LogP contribution in [-0.4, -0.2) is 26.3 Å². The molecule has 0 aliphatic carbocycles. The highest BCUT2D eigenvalue weighted by Crippen LogP contribution is 2.22. The number of nitrogens with zero attached hydrogens (tertiary/aromatic N) is 1. The maximum atomic E-state index is 11.6. The van der Waals surface area contributed by atoms with Crippen molar-refractivity contribution in [1.29, 1.82) is 0 Å². The summed E-state index contributed by atoms with van der Waals surface area (Å²) in [6, 6.07) is 3.44. The van der Waals surface area contributed by atoms with Crippen LogP contribution in [0.25, 0.3) is 0 Å². The van der Waals surface area contributed by atoms with E-state index in [1.165, 1.54) is 12.5 Å². The average molecular weight is 271 g/mol. The van der Waals surface area contributed by atoms with Crippen LogP contribution in [0.2, 0.25) is 0 Å². The number of aromatic nitrogens is 1. The summed E-state index contributed by atoms with van der Waals surface area (Å²) >= 11 is 0. The van der Waals surface area contributed by atoms with Crippen LogP contribution in [0.15, 0.2) is 37.0 Å². The van der Waals surface area contributed by atoms with Crippen molar-refractivity contribution < 1.29 is 17.4 Å². The van der Waals surface area contributed by atoms with E-state index in [1.54, 1.807) is 24.5 Å². The number of rotatable bonds is 4. The van der Waals surface area contributed by atoms with Gasteiger partial charge in [-0.25, -0.2) is 0 Å². The largest absolute Gasteiger partial charge is 0.412 e. The highest BCUT2D eigenvalue weighted by Gasteiger charge is 2.39. The molecule has 0 saturated heterocycles. The van der Waals surface area contributed by atoms with Gasteiger partial charge in [0.25, 0.3) is 10.1 Å². The second-order valence-electron chi connectivity index (χ2n) is 3.68. The first kappa shape index (κ1) is 12.8. The van der Waals surface area contributed by atoms with Gasteiger partial charge in [-0.15, -0.1) is 5.48 Å². The molecule has 98 valence electrons. The van der Waals surface area contributed by atoms with Crippen LogP contribution in [-0.2, 0) is 24.8 Å². The van der Waals surface area contributed by atoms with Crippen molar-refractivity contribution in [3.63, 3.8) is 0 Å². The lowest BCUT2D eigenvalue weighted by Gasteiger charge is -2.35. The van der Waals surface area contributed by atoms with Crippen LogP contribution < -0.4 is 10.8 Å². The SMILES string of the molecule is COS(=O)(=O)CC1(c2cccnc2)NC=CON1. The molecular weight excluding hydrogens is 258 g/mol. The lowest BCUT2D eigenvalue weighted by atomic mass is 10.0. The normalized spacial score (nSPS) is 23.2. The molecule has 0 saturated carbocycles. The third kappa shape index (κ3) is 2.61. The molecule has 0 radical (unpaired) electrons. The molecular formula is C10H13N3O4S. The topological polar surface area (TPSA) is 89.6 Å². The van der Waals surface area contributed by atoms with Crippen molar-refractivity contribution in [2.75, 3.05) is 12.9 Å². The Morgan fingerprint density at radius 3 is 2.94 bits per heavy atom. The molecule has 18 heavy (non-hydrogen) atoms. The average Bonchev–Trinajstić information content (AvgIpc) is 2.40. The minimum atomic E-state index is -3.69. The van der Waals surface area contributed by atoms with Gasteiger partial charge in [-0.3, -0.25) is 9.17 Å². The van der Waals surface area contributed by atoms with E-state index in [0.29, 0.717) is 5.56 Å². The van der Waals surface area contributed by atoms with Gasteiger partial charge in [-0.05, 0) is 6.07 Å². The van der Waals surface area contributed by atoms with Gasteiger partial charge in [0.2, 0.25) is 0 Å². The fourth-order valence-electron chi connectivity index (χ4n) is 1.61. The zero-order valence-corrected chi connectivity index (χ0v) is 10.5. The van der Waals surface area contributed by atoms with Gasteiger partial charge in [0.05, 0.1) is 7.11 Å². The Morgan fingerprint density at radius 1 is 1.56 bits per heavy atom. The molecule has 1 aliphatic heterocycles. The molecule has 0 aromatic carbocycles. The molecule has 0 spiro atoms. The Balaban J connectivity index is 2.39. The van der Waals surface area contributed by atoms with E-state index in [1.807, 2.05) is 0 Å². The summed E-state index contributed by atoms with van der Waals surface area (Å²) < 4.78 is 27.8. The third-order valence-corrected chi connectivity index (χ3v) is 3.79. The lowest BCUT2D eigenvalue weighted by molar-refractivity contribution is 0.0214. The van der Waals surface area contributed by atoms with E-state index < -0.39 is 15.8 Å². The van der Waals surface area contributed by atoms with Crippen molar-refractivity contribution in [1.82, 2.24) is 15.8 Å². The summed E-state index contributed by atoms with van der Waals surface area (Å²) in [6.45, 7) is 0. The summed E-state index contributed by atoms with van der Waals surface area (Å²) in [5.41, 5.74) is 2.14. The monoisotopic (exact) mass is 271 g/mol. The summed E-state index contributed by atoms with van der Waals surface area (Å²) in [4.78, 5) is 8.95. The van der Waals surface area contributed by atoms with Gasteiger partial charge in [0, 0.05) is 24.2 Å². The van der Waals surface area contributed by atoms with Crippen LogP contribution in [0.1, 0.15) is 5.56 Å². The number of nitrogens with one attached hydrogen (secondary N) is 2. The number of hydroxylamine groups is 1. The standard InChI is InChI=1S/C10H13N3O4S/c1-16-18(14,15)8-10(12-5-6-17-13-10)9-3-2-4-11-7-9/h2-7,12-13H,8H2,1H3. The first-order valence-corrected chi connectivity index (χ1v) is 6.70. The van der Waals surface area contributed by atoms with E-state index in [-0.39, 0.29) is 5.75 Å².